The molecule has 0 fully saturated rings. The molecule has 0 saturated carbocycles. The highest BCUT2D eigenvalue weighted by Gasteiger charge is 2.14. The number of nitrogens with one attached hydrogen (secondary N) is 1. The molecule has 5 heteroatoms. The van der Waals surface area contributed by atoms with E-state index < -0.39 is 0 Å². The zero-order valence-corrected chi connectivity index (χ0v) is 16.0. The van der Waals surface area contributed by atoms with E-state index in [1.807, 2.05) is 12.1 Å². The zero-order chi connectivity index (χ0) is 19.2. The fraction of sp³-hybridized carbons (Fsp3) is 0.136. The molecule has 0 spiro atoms. The molecule has 2 aromatic carbocycles. The van der Waals surface area contributed by atoms with E-state index >= 15 is 0 Å². The van der Waals surface area contributed by atoms with Gasteiger partial charge < -0.3 is 5.32 Å². The summed E-state index contributed by atoms with van der Waals surface area (Å²) in [5.74, 6) is -0.205. The van der Waals surface area contributed by atoms with Crippen LogP contribution in [0, 0.1) is 25.2 Å². The predicted molar refractivity (Wildman–Crippen MR) is 108 cm³/mol. The van der Waals surface area contributed by atoms with E-state index in [1.54, 1.807) is 30.5 Å². The molecule has 0 aliphatic carbocycles. The second-order valence-corrected chi connectivity index (χ2v) is 7.24. The SMILES string of the molecule is Cc1ccc(Sc2ncccc2C(=O)Nc2ccc(CC#N)cc2)c(C)c1. The second kappa shape index (κ2) is 8.52. The van der Waals surface area contributed by atoms with Crippen molar-refractivity contribution >= 4 is 23.4 Å². The van der Waals surface area contributed by atoms with E-state index in [4.69, 9.17) is 5.26 Å². The van der Waals surface area contributed by atoms with Gasteiger partial charge >= 0.3 is 0 Å². The van der Waals surface area contributed by atoms with Crippen LogP contribution < -0.4 is 5.32 Å². The minimum Gasteiger partial charge on any atom is -0.322 e. The highest BCUT2D eigenvalue weighted by atomic mass is 32.2. The Labute approximate surface area is 163 Å². The summed E-state index contributed by atoms with van der Waals surface area (Å²) in [7, 11) is 0. The number of pyridine rings is 1. The molecule has 0 atom stereocenters. The quantitative estimate of drug-likeness (QED) is 0.670. The summed E-state index contributed by atoms with van der Waals surface area (Å²) in [5.41, 5.74) is 4.50. The van der Waals surface area contributed by atoms with Gasteiger partial charge in [0.2, 0.25) is 0 Å². The molecule has 1 heterocycles. The first kappa shape index (κ1) is 18.7. The molecule has 0 saturated heterocycles. The third-order valence-electron chi connectivity index (χ3n) is 4.05. The Kier molecular flexibility index (Phi) is 5.90. The van der Waals surface area contributed by atoms with Crippen molar-refractivity contribution in [3.63, 3.8) is 0 Å². The predicted octanol–water partition coefficient (Wildman–Crippen LogP) is 5.17. The smallest absolute Gasteiger partial charge is 0.258 e. The van der Waals surface area contributed by atoms with Gasteiger partial charge in [-0.15, -0.1) is 0 Å². The van der Waals surface area contributed by atoms with Gasteiger partial charge in [0.05, 0.1) is 18.1 Å². The summed E-state index contributed by atoms with van der Waals surface area (Å²) >= 11 is 1.49. The largest absolute Gasteiger partial charge is 0.322 e. The lowest BCUT2D eigenvalue weighted by Gasteiger charge is -2.11. The molecular weight excluding hydrogens is 354 g/mol. The summed E-state index contributed by atoms with van der Waals surface area (Å²) < 4.78 is 0. The summed E-state index contributed by atoms with van der Waals surface area (Å²) in [5, 5.41) is 12.3. The minimum absolute atomic E-state index is 0.205. The van der Waals surface area contributed by atoms with E-state index in [0.717, 1.165) is 16.0 Å². The van der Waals surface area contributed by atoms with Crippen LogP contribution >= 0.6 is 11.8 Å². The number of amides is 1. The monoisotopic (exact) mass is 373 g/mol. The Morgan fingerprint density at radius 1 is 1.15 bits per heavy atom. The van der Waals surface area contributed by atoms with Crippen molar-refractivity contribution in [1.29, 1.82) is 5.26 Å². The first-order valence-corrected chi connectivity index (χ1v) is 9.36. The van der Waals surface area contributed by atoms with Crippen LogP contribution in [0.15, 0.2) is 70.7 Å². The van der Waals surface area contributed by atoms with Gasteiger partial charge in [0.1, 0.15) is 5.03 Å². The number of hydrogen-bond acceptors (Lipinski definition) is 4. The molecule has 0 aliphatic heterocycles. The maximum atomic E-state index is 12.8. The molecule has 1 aromatic heterocycles. The number of aryl methyl sites for hydroxylation is 2. The first-order chi connectivity index (χ1) is 13.1. The molecule has 0 bridgehead atoms. The van der Waals surface area contributed by atoms with Crippen molar-refractivity contribution in [1.82, 2.24) is 4.98 Å². The van der Waals surface area contributed by atoms with Gasteiger partial charge in [0.15, 0.2) is 0 Å². The van der Waals surface area contributed by atoms with Crippen LogP contribution in [0.1, 0.15) is 27.0 Å². The standard InChI is InChI=1S/C22H19N3OS/c1-15-5-10-20(16(2)14-15)27-22-19(4-3-13-24-22)21(26)25-18-8-6-17(7-9-18)11-12-23/h3-10,13-14H,11H2,1-2H3,(H,25,26). The molecule has 134 valence electrons. The van der Waals surface area contributed by atoms with Crippen molar-refractivity contribution in [3.8, 4) is 6.07 Å². The topological polar surface area (TPSA) is 65.8 Å². The van der Waals surface area contributed by atoms with Crippen LogP contribution in [0.5, 0.6) is 0 Å². The highest BCUT2D eigenvalue weighted by molar-refractivity contribution is 7.99. The van der Waals surface area contributed by atoms with E-state index in [0.29, 0.717) is 22.7 Å². The van der Waals surface area contributed by atoms with Crippen molar-refractivity contribution in [2.45, 2.75) is 30.2 Å². The molecular formula is C22H19N3OS. The Morgan fingerprint density at radius 3 is 2.63 bits per heavy atom. The molecule has 0 aliphatic rings. The number of carbonyl (C=O) groups is 1. The number of nitrogens with zero attached hydrogens (tertiary/aromatic N) is 2. The Balaban J connectivity index is 1.80. The molecule has 1 N–H and O–H groups in total. The molecule has 0 radical (unpaired) electrons. The van der Waals surface area contributed by atoms with Gasteiger partial charge in [-0.3, -0.25) is 4.79 Å². The van der Waals surface area contributed by atoms with Gasteiger partial charge in [-0.05, 0) is 55.3 Å². The number of carbonyl (C=O) groups excluding carboxylic acids is 1. The third kappa shape index (κ3) is 4.75. The molecule has 1 amide bonds. The Hall–Kier alpha value is -3.10. The number of hydrogen-bond donors (Lipinski definition) is 1. The number of nitriles is 1. The van der Waals surface area contributed by atoms with E-state index in [2.05, 4.69) is 48.4 Å². The summed E-state index contributed by atoms with van der Waals surface area (Å²) in [4.78, 5) is 18.2. The van der Waals surface area contributed by atoms with Crippen LogP contribution in [0.2, 0.25) is 0 Å². The first-order valence-electron chi connectivity index (χ1n) is 8.54. The summed E-state index contributed by atoms with van der Waals surface area (Å²) in [6.45, 7) is 4.11. The zero-order valence-electron chi connectivity index (χ0n) is 15.2. The van der Waals surface area contributed by atoms with Crippen LogP contribution in [0.25, 0.3) is 0 Å². The normalized spacial score (nSPS) is 10.3. The van der Waals surface area contributed by atoms with Crippen LogP contribution in [0.3, 0.4) is 0 Å². The van der Waals surface area contributed by atoms with E-state index in [9.17, 15) is 4.79 Å². The third-order valence-corrected chi connectivity index (χ3v) is 5.24. The van der Waals surface area contributed by atoms with Crippen molar-refractivity contribution < 1.29 is 4.79 Å². The average molecular weight is 373 g/mol. The maximum absolute atomic E-state index is 12.8. The van der Waals surface area contributed by atoms with Gasteiger partial charge in [0, 0.05) is 16.8 Å². The van der Waals surface area contributed by atoms with Gasteiger partial charge in [-0.2, -0.15) is 5.26 Å². The number of aromatic nitrogens is 1. The van der Waals surface area contributed by atoms with E-state index in [-0.39, 0.29) is 5.91 Å². The van der Waals surface area contributed by atoms with E-state index in [1.165, 1.54) is 17.3 Å². The number of anilines is 1. The van der Waals surface area contributed by atoms with Crippen LogP contribution in [-0.2, 0) is 6.42 Å². The summed E-state index contributed by atoms with van der Waals surface area (Å²) in [6.07, 6.45) is 2.05. The second-order valence-electron chi connectivity index (χ2n) is 6.21. The van der Waals surface area contributed by atoms with Gasteiger partial charge in [-0.1, -0.05) is 41.6 Å². The van der Waals surface area contributed by atoms with Crippen molar-refractivity contribution in [3.05, 3.63) is 83.0 Å². The molecule has 3 rings (SSSR count). The van der Waals surface area contributed by atoms with Crippen LogP contribution in [0.4, 0.5) is 5.69 Å². The molecule has 27 heavy (non-hydrogen) atoms. The van der Waals surface area contributed by atoms with Gasteiger partial charge in [0.25, 0.3) is 5.91 Å². The fourth-order valence-corrected chi connectivity index (χ4v) is 3.61. The highest BCUT2D eigenvalue weighted by Crippen LogP contribution is 2.31. The van der Waals surface area contributed by atoms with Crippen molar-refractivity contribution in [2.75, 3.05) is 5.32 Å². The maximum Gasteiger partial charge on any atom is 0.258 e. The lowest BCUT2D eigenvalue weighted by molar-refractivity contribution is 0.102. The number of rotatable bonds is 5. The fourth-order valence-electron chi connectivity index (χ4n) is 2.66. The molecule has 4 nitrogen and oxygen atoms in total. The average Bonchev–Trinajstić information content (AvgIpc) is 2.66. The lowest BCUT2D eigenvalue weighted by Crippen LogP contribution is -2.13. The summed E-state index contributed by atoms with van der Waals surface area (Å²) in [6, 6.07) is 19.2. The van der Waals surface area contributed by atoms with Crippen molar-refractivity contribution in [2.24, 2.45) is 0 Å². The minimum atomic E-state index is -0.205. The Morgan fingerprint density at radius 2 is 1.93 bits per heavy atom. The van der Waals surface area contributed by atoms with Crippen LogP contribution in [-0.4, -0.2) is 10.9 Å². The lowest BCUT2D eigenvalue weighted by atomic mass is 10.1. The van der Waals surface area contributed by atoms with Gasteiger partial charge in [-0.25, -0.2) is 4.98 Å². The number of benzene rings is 2. The Bertz CT molecular complexity index is 1010. The molecule has 3 aromatic rings. The molecule has 0 unspecified atom stereocenters.